The van der Waals surface area contributed by atoms with Crippen molar-refractivity contribution in [3.05, 3.63) is 71.3 Å². The molecule has 0 radical (unpaired) electrons. The van der Waals surface area contributed by atoms with E-state index < -0.39 is 0 Å². The maximum absolute atomic E-state index is 12.5. The lowest BCUT2D eigenvalue weighted by Crippen LogP contribution is -2.40. The van der Waals surface area contributed by atoms with Gasteiger partial charge in [0.25, 0.3) is 0 Å². The Morgan fingerprint density at radius 2 is 1.83 bits per heavy atom. The third kappa shape index (κ3) is 6.41. The summed E-state index contributed by atoms with van der Waals surface area (Å²) >= 11 is 0. The van der Waals surface area contributed by atoms with Gasteiger partial charge in [-0.3, -0.25) is 9.69 Å². The molecule has 2 aromatic rings. The van der Waals surface area contributed by atoms with Crippen LogP contribution in [0.2, 0.25) is 0 Å². The minimum absolute atomic E-state index is 0.0870. The highest BCUT2D eigenvalue weighted by molar-refractivity contribution is 5.77. The van der Waals surface area contributed by atoms with Crippen molar-refractivity contribution in [3.63, 3.8) is 0 Å². The zero-order valence-corrected chi connectivity index (χ0v) is 17.8. The van der Waals surface area contributed by atoms with Crippen molar-refractivity contribution in [2.45, 2.75) is 39.2 Å². The van der Waals surface area contributed by atoms with Gasteiger partial charge in [-0.15, -0.1) is 0 Å². The van der Waals surface area contributed by atoms with Gasteiger partial charge in [0.05, 0.1) is 18.6 Å². The van der Waals surface area contributed by atoms with Crippen LogP contribution >= 0.6 is 0 Å². The second-order valence-corrected chi connectivity index (χ2v) is 8.30. The highest BCUT2D eigenvalue weighted by Crippen LogP contribution is 2.22. The van der Waals surface area contributed by atoms with Gasteiger partial charge in [-0.2, -0.15) is 0 Å². The third-order valence-corrected chi connectivity index (χ3v) is 5.45. The molecule has 1 fully saturated rings. The number of benzene rings is 2. The Bertz CT molecular complexity index is 757. The Hall–Kier alpha value is -2.17. The van der Waals surface area contributed by atoms with E-state index in [1.807, 2.05) is 25.1 Å². The summed E-state index contributed by atoms with van der Waals surface area (Å²) in [6.07, 6.45) is 1.15. The van der Waals surface area contributed by atoms with Crippen LogP contribution in [0, 0.1) is 5.92 Å². The SMILES string of the molecule is CC(C)Cc1ccc(C(C)C(=O)OCCN2CCOC(c3ccccc3)C2)cc1. The average molecular weight is 396 g/mol. The van der Waals surface area contributed by atoms with Crippen molar-refractivity contribution in [1.29, 1.82) is 0 Å². The van der Waals surface area contributed by atoms with Gasteiger partial charge in [-0.25, -0.2) is 0 Å². The summed E-state index contributed by atoms with van der Waals surface area (Å²) in [7, 11) is 0. The molecular weight excluding hydrogens is 362 g/mol. The van der Waals surface area contributed by atoms with Gasteiger partial charge >= 0.3 is 5.97 Å². The summed E-state index contributed by atoms with van der Waals surface area (Å²) < 4.78 is 11.5. The number of morpholine rings is 1. The van der Waals surface area contributed by atoms with Gasteiger partial charge in [0, 0.05) is 19.6 Å². The van der Waals surface area contributed by atoms with Crippen molar-refractivity contribution in [3.8, 4) is 0 Å². The van der Waals surface area contributed by atoms with Crippen LogP contribution in [0.15, 0.2) is 54.6 Å². The van der Waals surface area contributed by atoms with E-state index in [-0.39, 0.29) is 18.0 Å². The zero-order chi connectivity index (χ0) is 20.6. The second-order valence-electron chi connectivity index (χ2n) is 8.30. The summed E-state index contributed by atoms with van der Waals surface area (Å²) in [5.74, 6) is 0.226. The van der Waals surface area contributed by atoms with Crippen molar-refractivity contribution in [2.24, 2.45) is 5.92 Å². The van der Waals surface area contributed by atoms with Gasteiger partial charge in [0.15, 0.2) is 0 Å². The molecule has 1 aliphatic heterocycles. The molecule has 4 heteroatoms. The number of carbonyl (C=O) groups is 1. The summed E-state index contributed by atoms with van der Waals surface area (Å²) in [4.78, 5) is 14.8. The summed E-state index contributed by atoms with van der Waals surface area (Å²) in [6.45, 7) is 9.89. The third-order valence-electron chi connectivity index (χ3n) is 5.45. The second kappa shape index (κ2) is 10.6. The van der Waals surface area contributed by atoms with Crippen molar-refractivity contribution in [2.75, 3.05) is 32.8 Å². The zero-order valence-electron chi connectivity index (χ0n) is 17.8. The fraction of sp³-hybridized carbons (Fsp3) is 0.480. The first kappa shape index (κ1) is 21.5. The molecular formula is C25H33NO3. The highest BCUT2D eigenvalue weighted by atomic mass is 16.5. The molecule has 0 aliphatic carbocycles. The summed E-state index contributed by atoms with van der Waals surface area (Å²) in [5, 5.41) is 0. The van der Waals surface area contributed by atoms with E-state index in [4.69, 9.17) is 9.47 Å². The number of ether oxygens (including phenoxy) is 2. The van der Waals surface area contributed by atoms with E-state index in [2.05, 4.69) is 55.1 Å². The van der Waals surface area contributed by atoms with E-state index in [9.17, 15) is 4.79 Å². The van der Waals surface area contributed by atoms with Crippen molar-refractivity contribution >= 4 is 5.97 Å². The van der Waals surface area contributed by atoms with Gasteiger partial charge in [-0.05, 0) is 36.0 Å². The van der Waals surface area contributed by atoms with Gasteiger partial charge in [-0.1, -0.05) is 68.4 Å². The monoisotopic (exact) mass is 395 g/mol. The van der Waals surface area contributed by atoms with Crippen LogP contribution in [-0.4, -0.2) is 43.7 Å². The van der Waals surface area contributed by atoms with E-state index in [1.165, 1.54) is 11.1 Å². The van der Waals surface area contributed by atoms with Crippen LogP contribution < -0.4 is 0 Å². The normalized spacial score (nSPS) is 18.6. The minimum atomic E-state index is -0.246. The maximum Gasteiger partial charge on any atom is 0.313 e. The molecule has 0 saturated carbocycles. The number of esters is 1. The fourth-order valence-electron chi connectivity index (χ4n) is 3.73. The molecule has 0 amide bonds. The predicted molar refractivity (Wildman–Crippen MR) is 116 cm³/mol. The average Bonchev–Trinajstić information content (AvgIpc) is 2.74. The highest BCUT2D eigenvalue weighted by Gasteiger charge is 2.22. The molecule has 29 heavy (non-hydrogen) atoms. The van der Waals surface area contributed by atoms with Crippen molar-refractivity contribution in [1.82, 2.24) is 4.90 Å². The first-order valence-electron chi connectivity index (χ1n) is 10.7. The van der Waals surface area contributed by atoms with E-state index in [0.717, 1.165) is 31.6 Å². The van der Waals surface area contributed by atoms with Crippen LogP contribution in [-0.2, 0) is 20.7 Å². The van der Waals surface area contributed by atoms with Gasteiger partial charge < -0.3 is 9.47 Å². The van der Waals surface area contributed by atoms with Crippen LogP contribution in [0.1, 0.15) is 49.5 Å². The van der Waals surface area contributed by atoms with E-state index >= 15 is 0 Å². The lowest BCUT2D eigenvalue weighted by Gasteiger charge is -2.33. The van der Waals surface area contributed by atoms with Crippen molar-refractivity contribution < 1.29 is 14.3 Å². The molecule has 156 valence electrons. The Morgan fingerprint density at radius 3 is 2.52 bits per heavy atom. The quantitative estimate of drug-likeness (QED) is 0.612. The molecule has 3 rings (SSSR count). The van der Waals surface area contributed by atoms with Crippen LogP contribution in [0.4, 0.5) is 0 Å². The van der Waals surface area contributed by atoms with Gasteiger partial charge in [0.2, 0.25) is 0 Å². The van der Waals surface area contributed by atoms with Gasteiger partial charge in [0.1, 0.15) is 6.61 Å². The Morgan fingerprint density at radius 1 is 1.10 bits per heavy atom. The Labute approximate surface area is 174 Å². The summed E-state index contributed by atoms with van der Waals surface area (Å²) in [5.41, 5.74) is 3.52. The standard InChI is InChI=1S/C25H33NO3/c1-19(2)17-21-9-11-22(12-10-21)20(3)25(27)29-16-14-26-13-15-28-24(18-26)23-7-5-4-6-8-23/h4-12,19-20,24H,13-18H2,1-3H3. The fourth-order valence-corrected chi connectivity index (χ4v) is 3.73. The molecule has 4 nitrogen and oxygen atoms in total. The maximum atomic E-state index is 12.5. The molecule has 0 bridgehead atoms. The van der Waals surface area contributed by atoms with E-state index in [1.54, 1.807) is 0 Å². The van der Waals surface area contributed by atoms with E-state index in [0.29, 0.717) is 19.1 Å². The largest absolute Gasteiger partial charge is 0.464 e. The number of carbonyl (C=O) groups excluding carboxylic acids is 1. The topological polar surface area (TPSA) is 38.8 Å². The number of nitrogens with zero attached hydrogens (tertiary/aromatic N) is 1. The Balaban J connectivity index is 1.44. The molecule has 0 N–H and O–H groups in total. The van der Waals surface area contributed by atoms with Crippen LogP contribution in [0.5, 0.6) is 0 Å². The molecule has 2 atom stereocenters. The predicted octanol–water partition coefficient (Wildman–Crippen LogP) is 4.61. The first-order chi connectivity index (χ1) is 14.0. The molecule has 1 aliphatic rings. The molecule has 0 spiro atoms. The number of hydrogen-bond donors (Lipinski definition) is 0. The first-order valence-corrected chi connectivity index (χ1v) is 10.7. The molecule has 2 aromatic carbocycles. The molecule has 0 aromatic heterocycles. The summed E-state index contributed by atoms with van der Waals surface area (Å²) in [6, 6.07) is 18.6. The Kier molecular flexibility index (Phi) is 7.84. The molecule has 2 unspecified atom stereocenters. The molecule has 1 saturated heterocycles. The van der Waals surface area contributed by atoms with Crippen LogP contribution in [0.25, 0.3) is 0 Å². The molecule has 1 heterocycles. The number of rotatable bonds is 8. The lowest BCUT2D eigenvalue weighted by atomic mass is 9.97. The minimum Gasteiger partial charge on any atom is -0.464 e. The lowest BCUT2D eigenvalue weighted by molar-refractivity contribution is -0.146. The van der Waals surface area contributed by atoms with Crippen LogP contribution in [0.3, 0.4) is 0 Å². The number of hydrogen-bond acceptors (Lipinski definition) is 4. The smallest absolute Gasteiger partial charge is 0.313 e.